The number of benzene rings is 3. The number of halogens is 7. The molecule has 1 aliphatic heterocycles. The second-order valence-electron chi connectivity index (χ2n) is 8.27. The van der Waals surface area contributed by atoms with E-state index in [0.717, 1.165) is 30.3 Å². The van der Waals surface area contributed by atoms with Crippen LogP contribution in [0.3, 0.4) is 0 Å². The summed E-state index contributed by atoms with van der Waals surface area (Å²) < 4.78 is 78.6. The molecule has 13 heteroatoms. The minimum Gasteiger partial charge on any atom is -0.350 e. The molecule has 4 rings (SSSR count). The predicted molar refractivity (Wildman–Crippen MR) is 131 cm³/mol. The Balaban J connectivity index is 1.44. The number of alkyl halides is 6. The Bertz CT molecular complexity index is 1480. The quantitative estimate of drug-likeness (QED) is 0.269. The van der Waals surface area contributed by atoms with Crippen molar-refractivity contribution < 1.29 is 40.7 Å². The maximum atomic E-state index is 13.1. The van der Waals surface area contributed by atoms with Crippen molar-refractivity contribution in [1.82, 2.24) is 0 Å². The lowest BCUT2D eigenvalue weighted by Crippen LogP contribution is -2.32. The summed E-state index contributed by atoms with van der Waals surface area (Å²) in [5.41, 5.74) is -2.44. The summed E-state index contributed by atoms with van der Waals surface area (Å²) in [6, 6.07) is 13.9. The number of imide groups is 1. The number of amides is 3. The lowest BCUT2D eigenvalue weighted by atomic mass is 10.1. The Morgan fingerprint density at radius 2 is 1.49 bits per heavy atom. The highest BCUT2D eigenvalue weighted by atomic mass is 35.5. The molecule has 0 saturated heterocycles. The molecule has 0 bridgehead atoms. The Morgan fingerprint density at radius 1 is 0.821 bits per heavy atom. The van der Waals surface area contributed by atoms with Crippen molar-refractivity contribution >= 4 is 46.4 Å². The first kappa shape index (κ1) is 27.7. The van der Waals surface area contributed by atoms with Gasteiger partial charge < -0.3 is 10.6 Å². The van der Waals surface area contributed by atoms with Gasteiger partial charge >= 0.3 is 12.4 Å². The highest BCUT2D eigenvalue weighted by Crippen LogP contribution is 2.36. The van der Waals surface area contributed by atoms with Gasteiger partial charge in [-0.2, -0.15) is 26.3 Å². The van der Waals surface area contributed by atoms with Gasteiger partial charge in [-0.25, -0.2) is 4.90 Å². The average molecular weight is 568 g/mol. The van der Waals surface area contributed by atoms with E-state index in [9.17, 15) is 40.7 Å². The molecule has 0 aromatic heterocycles. The smallest absolute Gasteiger partial charge is 0.350 e. The molecule has 3 amide bonds. The average Bonchev–Trinajstić information content (AvgIpc) is 3.07. The molecule has 0 unspecified atom stereocenters. The largest absolute Gasteiger partial charge is 0.418 e. The van der Waals surface area contributed by atoms with Gasteiger partial charge in [0.1, 0.15) is 10.7 Å². The van der Waals surface area contributed by atoms with Gasteiger partial charge in [0.15, 0.2) is 0 Å². The molecule has 0 aliphatic carbocycles. The molecule has 0 saturated carbocycles. The van der Waals surface area contributed by atoms with E-state index in [1.54, 1.807) is 0 Å². The van der Waals surface area contributed by atoms with Crippen LogP contribution in [-0.2, 0) is 33.2 Å². The summed E-state index contributed by atoms with van der Waals surface area (Å²) >= 11 is 6.02. The fourth-order valence-electron chi connectivity index (χ4n) is 3.74. The van der Waals surface area contributed by atoms with E-state index in [0.29, 0.717) is 16.5 Å². The van der Waals surface area contributed by atoms with Crippen LogP contribution in [0.1, 0.15) is 16.7 Å². The Labute approximate surface area is 221 Å². The first-order valence-corrected chi connectivity index (χ1v) is 11.4. The van der Waals surface area contributed by atoms with E-state index >= 15 is 0 Å². The highest BCUT2D eigenvalue weighted by Gasteiger charge is 2.40. The number of carbonyl (C=O) groups is 3. The molecule has 3 aromatic carbocycles. The molecule has 0 fully saturated rings. The van der Waals surface area contributed by atoms with Crippen molar-refractivity contribution in [1.29, 1.82) is 0 Å². The first-order chi connectivity index (χ1) is 18.3. The molecular weight excluding hydrogens is 552 g/mol. The maximum absolute atomic E-state index is 13.1. The van der Waals surface area contributed by atoms with Gasteiger partial charge in [-0.3, -0.25) is 14.4 Å². The summed E-state index contributed by atoms with van der Waals surface area (Å²) in [7, 11) is 0. The minimum absolute atomic E-state index is 0.252. The van der Waals surface area contributed by atoms with E-state index in [-0.39, 0.29) is 29.2 Å². The first-order valence-electron chi connectivity index (χ1n) is 11.0. The zero-order valence-corrected chi connectivity index (χ0v) is 20.2. The van der Waals surface area contributed by atoms with Gasteiger partial charge in [0.05, 0.1) is 28.9 Å². The van der Waals surface area contributed by atoms with Gasteiger partial charge in [0.25, 0.3) is 11.8 Å². The summed E-state index contributed by atoms with van der Waals surface area (Å²) in [6.07, 6.45) is -9.61. The van der Waals surface area contributed by atoms with E-state index in [4.69, 9.17) is 11.6 Å². The topological polar surface area (TPSA) is 78.5 Å². The van der Waals surface area contributed by atoms with Crippen molar-refractivity contribution in [3.05, 3.63) is 100 Å². The van der Waals surface area contributed by atoms with Crippen LogP contribution in [0.5, 0.6) is 0 Å². The SMILES string of the molecule is O=C(Cc1ccc(NC2=C(Cl)C(=O)N(c3cccc(C(F)(F)F)c3)C2=O)cc1)Nc1ccccc1C(F)(F)F. The maximum Gasteiger partial charge on any atom is 0.418 e. The zero-order valence-electron chi connectivity index (χ0n) is 19.5. The fourth-order valence-corrected chi connectivity index (χ4v) is 3.95. The Kier molecular flexibility index (Phi) is 7.42. The number of hydrogen-bond donors (Lipinski definition) is 2. The number of nitrogens with one attached hydrogen (secondary N) is 2. The van der Waals surface area contributed by atoms with Gasteiger partial charge in [-0.05, 0) is 48.0 Å². The fraction of sp³-hybridized carbons (Fsp3) is 0.115. The van der Waals surface area contributed by atoms with Gasteiger partial charge in [0, 0.05) is 5.69 Å². The summed E-state index contributed by atoms with van der Waals surface area (Å²) in [5, 5.41) is 4.34. The van der Waals surface area contributed by atoms with Gasteiger partial charge in [-0.15, -0.1) is 0 Å². The molecule has 3 aromatic rings. The molecule has 0 spiro atoms. The number of hydrogen-bond acceptors (Lipinski definition) is 4. The van der Waals surface area contributed by atoms with Gasteiger partial charge in [-0.1, -0.05) is 41.9 Å². The van der Waals surface area contributed by atoms with Crippen LogP contribution in [0.2, 0.25) is 0 Å². The number of rotatable bonds is 6. The summed E-state index contributed by atoms with van der Waals surface area (Å²) in [4.78, 5) is 38.3. The molecule has 1 heterocycles. The molecule has 6 nitrogen and oxygen atoms in total. The molecule has 2 N–H and O–H groups in total. The van der Waals surface area contributed by atoms with E-state index in [2.05, 4.69) is 10.6 Å². The van der Waals surface area contributed by atoms with E-state index < -0.39 is 46.2 Å². The van der Waals surface area contributed by atoms with Crippen LogP contribution in [0, 0.1) is 0 Å². The Hall–Kier alpha value is -4.32. The molecule has 1 aliphatic rings. The molecule has 39 heavy (non-hydrogen) atoms. The molecule has 0 radical (unpaired) electrons. The molecule has 0 atom stereocenters. The summed E-state index contributed by atoms with van der Waals surface area (Å²) in [5.74, 6) is -2.70. The molecular formula is C26H16ClF6N3O3. The van der Waals surface area contributed by atoms with Crippen LogP contribution < -0.4 is 15.5 Å². The van der Waals surface area contributed by atoms with Crippen LogP contribution >= 0.6 is 11.6 Å². The third kappa shape index (κ3) is 6.06. The number of carbonyl (C=O) groups excluding carboxylic acids is 3. The monoisotopic (exact) mass is 567 g/mol. The number of para-hydroxylation sites is 1. The summed E-state index contributed by atoms with van der Waals surface area (Å²) in [6.45, 7) is 0. The zero-order chi connectivity index (χ0) is 28.5. The molecule has 202 valence electrons. The van der Waals surface area contributed by atoms with E-state index in [1.165, 1.54) is 36.4 Å². The van der Waals surface area contributed by atoms with Crippen molar-refractivity contribution in [2.45, 2.75) is 18.8 Å². The standard InChI is InChI=1S/C26H16ClF6N3O3/c27-21-22(24(39)36(23(21)38)17-5-3-4-15(13-17)25(28,29)30)34-16-10-8-14(9-11-16)12-20(37)35-19-7-2-1-6-18(19)26(31,32)33/h1-11,13,34H,12H2,(H,35,37). The van der Waals surface area contributed by atoms with Gasteiger partial charge in [0.2, 0.25) is 5.91 Å². The van der Waals surface area contributed by atoms with E-state index in [1.807, 2.05) is 0 Å². The minimum atomic E-state index is -4.69. The van der Waals surface area contributed by atoms with Crippen LogP contribution in [0.15, 0.2) is 83.5 Å². The van der Waals surface area contributed by atoms with Crippen molar-refractivity contribution in [2.24, 2.45) is 0 Å². The third-order valence-corrected chi connectivity index (χ3v) is 5.90. The lowest BCUT2D eigenvalue weighted by molar-refractivity contribution is -0.138. The predicted octanol–water partition coefficient (Wildman–Crippen LogP) is 6.34. The van der Waals surface area contributed by atoms with Crippen LogP contribution in [-0.4, -0.2) is 17.7 Å². The number of anilines is 3. The highest BCUT2D eigenvalue weighted by molar-refractivity contribution is 6.53. The normalized spacial score (nSPS) is 14.2. The number of nitrogens with zero attached hydrogens (tertiary/aromatic N) is 1. The Morgan fingerprint density at radius 3 is 2.13 bits per heavy atom. The second-order valence-corrected chi connectivity index (χ2v) is 8.65. The van der Waals surface area contributed by atoms with Crippen molar-refractivity contribution in [3.63, 3.8) is 0 Å². The van der Waals surface area contributed by atoms with Crippen LogP contribution in [0.25, 0.3) is 0 Å². The third-order valence-electron chi connectivity index (χ3n) is 5.55. The lowest BCUT2D eigenvalue weighted by Gasteiger charge is -2.17. The second kappa shape index (κ2) is 10.4. The van der Waals surface area contributed by atoms with Crippen molar-refractivity contribution in [2.75, 3.05) is 15.5 Å². The van der Waals surface area contributed by atoms with Crippen LogP contribution in [0.4, 0.5) is 43.4 Å². The van der Waals surface area contributed by atoms with Crippen molar-refractivity contribution in [3.8, 4) is 0 Å².